The molecule has 9 nitrogen and oxygen atoms in total. The Bertz CT molecular complexity index is 1380. The van der Waals surface area contributed by atoms with Crippen molar-refractivity contribution in [3.63, 3.8) is 0 Å². The summed E-state index contributed by atoms with van der Waals surface area (Å²) >= 11 is 5.20. The van der Waals surface area contributed by atoms with Crippen LogP contribution in [0, 0.1) is 17.0 Å². The summed E-state index contributed by atoms with van der Waals surface area (Å²) in [6, 6.07) is 16.8. The van der Waals surface area contributed by atoms with Crippen molar-refractivity contribution in [1.82, 2.24) is 10.3 Å². The Kier molecular flexibility index (Phi) is 6.01. The van der Waals surface area contributed by atoms with Gasteiger partial charge >= 0.3 is 0 Å². The Morgan fingerprint density at radius 1 is 1.12 bits per heavy atom. The number of methoxy groups -OCH3 is 1. The molecule has 2 N–H and O–H groups in total. The number of aromatic nitrogens is 1. The number of amides is 1. The van der Waals surface area contributed by atoms with Gasteiger partial charge in [0.1, 0.15) is 11.3 Å². The number of rotatable bonds is 5. The molecule has 0 unspecified atom stereocenters. The van der Waals surface area contributed by atoms with Gasteiger partial charge in [0.25, 0.3) is 11.6 Å². The Labute approximate surface area is 193 Å². The zero-order chi connectivity index (χ0) is 23.5. The van der Waals surface area contributed by atoms with Crippen molar-refractivity contribution in [3.8, 4) is 17.2 Å². The lowest BCUT2D eigenvalue weighted by molar-refractivity contribution is -0.385. The summed E-state index contributed by atoms with van der Waals surface area (Å²) in [7, 11) is 1.59. The molecule has 1 aromatic heterocycles. The molecule has 33 heavy (non-hydrogen) atoms. The average Bonchev–Trinajstić information content (AvgIpc) is 3.22. The number of nitro benzene ring substituents is 1. The van der Waals surface area contributed by atoms with Crippen molar-refractivity contribution in [3.05, 3.63) is 81.9 Å². The number of hydrogen-bond acceptors (Lipinski definition) is 7. The number of aryl methyl sites for hydroxylation is 1. The van der Waals surface area contributed by atoms with E-state index in [2.05, 4.69) is 15.6 Å². The number of carbonyl (C=O) groups is 1. The predicted octanol–water partition coefficient (Wildman–Crippen LogP) is 4.85. The summed E-state index contributed by atoms with van der Waals surface area (Å²) < 4.78 is 11.0. The predicted molar refractivity (Wildman–Crippen MR) is 128 cm³/mol. The number of ether oxygens (including phenoxy) is 1. The van der Waals surface area contributed by atoms with E-state index in [0.29, 0.717) is 34.0 Å². The van der Waals surface area contributed by atoms with Gasteiger partial charge in [0.2, 0.25) is 5.89 Å². The van der Waals surface area contributed by atoms with E-state index < -0.39 is 10.8 Å². The molecule has 0 aliphatic carbocycles. The first kappa shape index (κ1) is 21.9. The normalized spacial score (nSPS) is 10.6. The average molecular weight is 462 g/mol. The second-order valence-corrected chi connectivity index (χ2v) is 7.50. The number of carbonyl (C=O) groups excluding carboxylic acids is 1. The number of nitro groups is 1. The van der Waals surface area contributed by atoms with E-state index >= 15 is 0 Å². The minimum atomic E-state index is -0.547. The van der Waals surface area contributed by atoms with Crippen molar-refractivity contribution in [2.24, 2.45) is 0 Å². The molecule has 166 valence electrons. The Morgan fingerprint density at radius 3 is 2.58 bits per heavy atom. The fourth-order valence-corrected chi connectivity index (χ4v) is 3.35. The first-order valence-corrected chi connectivity index (χ1v) is 10.2. The van der Waals surface area contributed by atoms with E-state index in [1.165, 1.54) is 18.2 Å². The van der Waals surface area contributed by atoms with E-state index in [0.717, 1.165) is 5.56 Å². The summed E-state index contributed by atoms with van der Waals surface area (Å²) in [6.07, 6.45) is 0. The largest absolute Gasteiger partial charge is 0.497 e. The van der Waals surface area contributed by atoms with Crippen LogP contribution in [0.1, 0.15) is 15.9 Å². The van der Waals surface area contributed by atoms with Crippen LogP contribution in [0.3, 0.4) is 0 Å². The summed E-state index contributed by atoms with van der Waals surface area (Å²) in [5.74, 6) is 0.605. The highest BCUT2D eigenvalue weighted by Gasteiger charge is 2.16. The number of oxazole rings is 1. The van der Waals surface area contributed by atoms with Crippen molar-refractivity contribution in [2.75, 3.05) is 12.4 Å². The first-order valence-electron chi connectivity index (χ1n) is 9.76. The van der Waals surface area contributed by atoms with Gasteiger partial charge in [0.15, 0.2) is 10.7 Å². The summed E-state index contributed by atoms with van der Waals surface area (Å²) in [4.78, 5) is 27.5. The molecule has 0 bridgehead atoms. The van der Waals surface area contributed by atoms with Crippen molar-refractivity contribution < 1.29 is 18.9 Å². The third kappa shape index (κ3) is 4.80. The SMILES string of the molecule is COc1ccc2oc(-c3ccc(NC(=S)NC(=O)c4ccc(C)c([N+](=O)[O-])c4)cc3)nc2c1. The molecule has 1 heterocycles. The lowest BCUT2D eigenvalue weighted by Crippen LogP contribution is -2.34. The van der Waals surface area contributed by atoms with Gasteiger partial charge in [-0.3, -0.25) is 20.2 Å². The van der Waals surface area contributed by atoms with Crippen molar-refractivity contribution in [2.45, 2.75) is 6.92 Å². The van der Waals surface area contributed by atoms with Gasteiger partial charge in [-0.2, -0.15) is 0 Å². The van der Waals surface area contributed by atoms with Crippen LogP contribution in [0.5, 0.6) is 5.75 Å². The van der Waals surface area contributed by atoms with Crippen LogP contribution in [0.25, 0.3) is 22.6 Å². The highest BCUT2D eigenvalue weighted by atomic mass is 32.1. The fraction of sp³-hybridized carbons (Fsp3) is 0.0870. The van der Waals surface area contributed by atoms with E-state index in [1.54, 1.807) is 56.5 Å². The van der Waals surface area contributed by atoms with E-state index in [9.17, 15) is 14.9 Å². The number of fused-ring (bicyclic) bond motifs is 1. The van der Waals surface area contributed by atoms with E-state index in [1.807, 2.05) is 0 Å². The molecule has 0 atom stereocenters. The zero-order valence-corrected chi connectivity index (χ0v) is 18.4. The molecule has 0 radical (unpaired) electrons. The van der Waals surface area contributed by atoms with Gasteiger partial charge in [0, 0.05) is 34.5 Å². The van der Waals surface area contributed by atoms with Crippen LogP contribution in [0.2, 0.25) is 0 Å². The van der Waals surface area contributed by atoms with Crippen LogP contribution in [0.15, 0.2) is 65.1 Å². The molecule has 0 fully saturated rings. The van der Waals surface area contributed by atoms with E-state index in [4.69, 9.17) is 21.4 Å². The smallest absolute Gasteiger partial charge is 0.273 e. The molecule has 4 rings (SSSR count). The molecule has 1 amide bonds. The molecule has 0 spiro atoms. The molecule has 0 saturated heterocycles. The van der Waals surface area contributed by atoms with Crippen LogP contribution in [-0.2, 0) is 0 Å². The van der Waals surface area contributed by atoms with Crippen LogP contribution in [0.4, 0.5) is 11.4 Å². The van der Waals surface area contributed by atoms with Crippen LogP contribution >= 0.6 is 12.2 Å². The number of anilines is 1. The van der Waals surface area contributed by atoms with E-state index in [-0.39, 0.29) is 16.4 Å². The first-order chi connectivity index (χ1) is 15.8. The van der Waals surface area contributed by atoms with Crippen molar-refractivity contribution in [1.29, 1.82) is 0 Å². The third-order valence-corrected chi connectivity index (χ3v) is 5.08. The maximum Gasteiger partial charge on any atom is 0.273 e. The number of thiocarbonyl (C=S) groups is 1. The Balaban J connectivity index is 1.43. The van der Waals surface area contributed by atoms with Gasteiger partial charge in [-0.05, 0) is 61.6 Å². The molecular weight excluding hydrogens is 444 g/mol. The monoisotopic (exact) mass is 462 g/mol. The molecule has 0 aliphatic heterocycles. The van der Waals surface area contributed by atoms with Gasteiger partial charge in [-0.25, -0.2) is 4.98 Å². The topological polar surface area (TPSA) is 120 Å². The fourth-order valence-electron chi connectivity index (χ4n) is 3.14. The Hall–Kier alpha value is -4.31. The second kappa shape index (κ2) is 9.05. The minimum absolute atomic E-state index is 0.0601. The van der Waals surface area contributed by atoms with Crippen LogP contribution in [-0.4, -0.2) is 28.0 Å². The molecule has 10 heteroatoms. The number of nitrogens with zero attached hydrogens (tertiary/aromatic N) is 2. The summed E-state index contributed by atoms with van der Waals surface area (Å²) in [6.45, 7) is 1.60. The summed E-state index contributed by atoms with van der Waals surface area (Å²) in [5, 5.41) is 16.6. The van der Waals surface area contributed by atoms with Gasteiger partial charge in [-0.1, -0.05) is 6.07 Å². The third-order valence-electron chi connectivity index (χ3n) is 4.88. The van der Waals surface area contributed by atoms with Gasteiger partial charge in [-0.15, -0.1) is 0 Å². The molecule has 0 aliphatic rings. The highest BCUT2D eigenvalue weighted by Crippen LogP contribution is 2.27. The lowest BCUT2D eigenvalue weighted by atomic mass is 10.1. The maximum atomic E-state index is 12.4. The quantitative estimate of drug-likeness (QED) is 0.245. The molecule has 0 saturated carbocycles. The van der Waals surface area contributed by atoms with Gasteiger partial charge in [0.05, 0.1) is 12.0 Å². The molecular formula is C23H18N4O5S. The van der Waals surface area contributed by atoms with Crippen LogP contribution < -0.4 is 15.4 Å². The number of hydrogen-bond donors (Lipinski definition) is 2. The molecule has 4 aromatic rings. The lowest BCUT2D eigenvalue weighted by Gasteiger charge is -2.10. The Morgan fingerprint density at radius 2 is 1.88 bits per heavy atom. The van der Waals surface area contributed by atoms with Crippen molar-refractivity contribution >= 4 is 45.7 Å². The second-order valence-electron chi connectivity index (χ2n) is 7.10. The van der Waals surface area contributed by atoms with Gasteiger partial charge < -0.3 is 14.5 Å². The minimum Gasteiger partial charge on any atom is -0.497 e. The maximum absolute atomic E-state index is 12.4. The standard InChI is InChI=1S/C23H18N4O5S/c1-13-3-4-15(11-19(13)27(29)30)21(28)26-23(33)24-16-7-5-14(6-8-16)22-25-18-12-17(31-2)9-10-20(18)32-22/h3-12H,1-2H3,(H2,24,26,28,33). The molecule has 3 aromatic carbocycles. The number of benzene rings is 3. The summed E-state index contributed by atoms with van der Waals surface area (Å²) in [5.41, 5.74) is 3.21. The number of nitrogens with one attached hydrogen (secondary N) is 2. The highest BCUT2D eigenvalue weighted by molar-refractivity contribution is 7.80. The zero-order valence-electron chi connectivity index (χ0n) is 17.6.